The molecule has 5 aromatic rings. The summed E-state index contributed by atoms with van der Waals surface area (Å²) in [4.78, 5) is 22.5. The summed E-state index contributed by atoms with van der Waals surface area (Å²) in [5.74, 6) is 1.74. The molecule has 2 atom stereocenters. The van der Waals surface area contributed by atoms with E-state index in [1.807, 2.05) is 66.4 Å². The lowest BCUT2D eigenvalue weighted by Crippen LogP contribution is -2.57. The summed E-state index contributed by atoms with van der Waals surface area (Å²) in [7, 11) is 1.70. The first kappa shape index (κ1) is 24.8. The Morgan fingerprint density at radius 2 is 1.67 bits per heavy atom. The SMILES string of the molecule is [C-]#[N+]c1ccc(-c2cccc3c(OC)c(-c4ccc(N5C[C@@H](C)N(c6nccs6)[C@@H](C)C5)nc4)cnc23)cc1. The van der Waals surface area contributed by atoms with Crippen molar-refractivity contribution in [3.63, 3.8) is 0 Å². The van der Waals surface area contributed by atoms with Gasteiger partial charge in [0.25, 0.3) is 0 Å². The highest BCUT2D eigenvalue weighted by atomic mass is 32.1. The number of hydrogen-bond acceptors (Lipinski definition) is 7. The Hall–Kier alpha value is -4.48. The molecule has 0 bridgehead atoms. The molecule has 0 N–H and O–H groups in total. The van der Waals surface area contributed by atoms with Gasteiger partial charge in [-0.15, -0.1) is 11.3 Å². The number of para-hydroxylation sites is 1. The lowest BCUT2D eigenvalue weighted by Gasteiger charge is -2.44. The summed E-state index contributed by atoms with van der Waals surface area (Å²) in [6.45, 7) is 13.5. The standard InChI is InChI=1S/C31H28N6OS/c1-20-18-36(19-21(2)37(20)31-33-14-15-39-31)28-13-10-23(16-34-28)27-17-35-29-25(6-5-7-26(29)30(27)38-4)22-8-11-24(32-3)12-9-22/h5-17,20-21H,18-19H2,1-2,4H3/t20-,21+. The zero-order chi connectivity index (χ0) is 26.9. The number of ether oxygens (including phenoxy) is 1. The second-order valence-corrected chi connectivity index (χ2v) is 10.7. The van der Waals surface area contributed by atoms with Crippen molar-refractivity contribution in [3.8, 4) is 28.0 Å². The zero-order valence-electron chi connectivity index (χ0n) is 22.1. The molecule has 7 nitrogen and oxygen atoms in total. The van der Waals surface area contributed by atoms with Gasteiger partial charge < -0.3 is 14.5 Å². The molecular weight excluding hydrogens is 504 g/mol. The van der Waals surface area contributed by atoms with Gasteiger partial charge in [0, 0.05) is 71.2 Å². The Morgan fingerprint density at radius 3 is 2.31 bits per heavy atom. The fourth-order valence-corrected chi connectivity index (χ4v) is 6.38. The molecule has 1 saturated heterocycles. The number of pyridine rings is 2. The molecule has 1 fully saturated rings. The number of aromatic nitrogens is 3. The monoisotopic (exact) mass is 532 g/mol. The third-order valence-electron chi connectivity index (χ3n) is 7.30. The number of piperazine rings is 1. The van der Waals surface area contributed by atoms with E-state index in [0.717, 1.165) is 62.9 Å². The van der Waals surface area contributed by atoms with Gasteiger partial charge in [0.05, 0.1) is 19.2 Å². The number of benzene rings is 2. The Kier molecular flexibility index (Phi) is 6.59. The average Bonchev–Trinajstić information content (AvgIpc) is 3.50. The number of anilines is 2. The van der Waals surface area contributed by atoms with Crippen molar-refractivity contribution in [1.82, 2.24) is 15.0 Å². The molecule has 2 aromatic carbocycles. The summed E-state index contributed by atoms with van der Waals surface area (Å²) in [6, 6.07) is 18.6. The molecule has 39 heavy (non-hydrogen) atoms. The zero-order valence-corrected chi connectivity index (χ0v) is 22.9. The van der Waals surface area contributed by atoms with Crippen molar-refractivity contribution in [2.24, 2.45) is 0 Å². The van der Waals surface area contributed by atoms with Crippen molar-refractivity contribution in [1.29, 1.82) is 0 Å². The molecule has 0 radical (unpaired) electrons. The molecule has 0 amide bonds. The molecular formula is C31H28N6OS. The number of rotatable bonds is 5. The van der Waals surface area contributed by atoms with E-state index in [1.165, 1.54) is 0 Å². The maximum absolute atomic E-state index is 7.22. The Bertz CT molecular complexity index is 1630. The summed E-state index contributed by atoms with van der Waals surface area (Å²) >= 11 is 1.69. The second-order valence-electron chi connectivity index (χ2n) is 9.80. The topological polar surface area (TPSA) is 58.7 Å². The predicted octanol–water partition coefficient (Wildman–Crippen LogP) is 7.08. The van der Waals surface area contributed by atoms with E-state index in [0.29, 0.717) is 17.8 Å². The van der Waals surface area contributed by atoms with Crippen LogP contribution in [0.25, 0.3) is 38.0 Å². The highest BCUT2D eigenvalue weighted by Crippen LogP contribution is 2.39. The van der Waals surface area contributed by atoms with Crippen molar-refractivity contribution in [3.05, 3.63) is 90.0 Å². The number of fused-ring (bicyclic) bond motifs is 1. The third-order valence-corrected chi connectivity index (χ3v) is 8.09. The summed E-state index contributed by atoms with van der Waals surface area (Å²) < 4.78 is 5.93. The van der Waals surface area contributed by atoms with Crippen molar-refractivity contribution < 1.29 is 4.74 Å². The first-order valence-corrected chi connectivity index (χ1v) is 13.8. The van der Waals surface area contributed by atoms with Crippen LogP contribution in [0.5, 0.6) is 5.75 Å². The van der Waals surface area contributed by atoms with Crippen LogP contribution in [0.2, 0.25) is 0 Å². The lowest BCUT2D eigenvalue weighted by molar-refractivity contribution is 0.421. The van der Waals surface area contributed by atoms with Crippen LogP contribution < -0.4 is 14.5 Å². The van der Waals surface area contributed by atoms with Crippen LogP contribution in [0.1, 0.15) is 13.8 Å². The van der Waals surface area contributed by atoms with Gasteiger partial charge in [0.1, 0.15) is 11.6 Å². The minimum Gasteiger partial charge on any atom is -0.495 e. The first-order valence-electron chi connectivity index (χ1n) is 12.9. The maximum atomic E-state index is 7.22. The average molecular weight is 533 g/mol. The van der Waals surface area contributed by atoms with E-state index in [2.05, 4.69) is 45.6 Å². The Labute approximate surface area is 232 Å². The minimum atomic E-state index is 0.331. The van der Waals surface area contributed by atoms with Crippen LogP contribution >= 0.6 is 11.3 Å². The van der Waals surface area contributed by atoms with Gasteiger partial charge in [-0.25, -0.2) is 14.8 Å². The summed E-state index contributed by atoms with van der Waals surface area (Å²) in [5, 5.41) is 4.05. The minimum absolute atomic E-state index is 0.331. The largest absolute Gasteiger partial charge is 0.495 e. The molecule has 6 rings (SSSR count). The van der Waals surface area contributed by atoms with E-state index >= 15 is 0 Å². The molecule has 0 saturated carbocycles. The lowest BCUT2D eigenvalue weighted by atomic mass is 9.99. The van der Waals surface area contributed by atoms with Crippen LogP contribution in [0.3, 0.4) is 0 Å². The van der Waals surface area contributed by atoms with E-state index < -0.39 is 0 Å². The quantitative estimate of drug-likeness (QED) is 0.225. The van der Waals surface area contributed by atoms with Crippen molar-refractivity contribution >= 4 is 38.9 Å². The van der Waals surface area contributed by atoms with E-state index in [9.17, 15) is 0 Å². The van der Waals surface area contributed by atoms with Gasteiger partial charge in [0.15, 0.2) is 10.8 Å². The maximum Gasteiger partial charge on any atom is 0.187 e. The van der Waals surface area contributed by atoms with Crippen LogP contribution in [-0.4, -0.2) is 47.2 Å². The fraction of sp³-hybridized carbons (Fsp3) is 0.226. The molecule has 3 aromatic heterocycles. The third kappa shape index (κ3) is 4.55. The molecule has 8 heteroatoms. The smallest absolute Gasteiger partial charge is 0.187 e. The van der Waals surface area contributed by atoms with Crippen molar-refractivity contribution in [2.75, 3.05) is 30.0 Å². The van der Waals surface area contributed by atoms with Gasteiger partial charge >= 0.3 is 0 Å². The Balaban J connectivity index is 1.29. The van der Waals surface area contributed by atoms with Gasteiger partial charge in [-0.1, -0.05) is 36.4 Å². The second kappa shape index (κ2) is 10.4. The van der Waals surface area contributed by atoms with Gasteiger partial charge in [-0.2, -0.15) is 0 Å². The number of thiazole rings is 1. The van der Waals surface area contributed by atoms with Gasteiger partial charge in [-0.3, -0.25) is 4.98 Å². The highest BCUT2D eigenvalue weighted by molar-refractivity contribution is 7.13. The molecule has 0 unspecified atom stereocenters. The van der Waals surface area contributed by atoms with Crippen molar-refractivity contribution in [2.45, 2.75) is 25.9 Å². The van der Waals surface area contributed by atoms with E-state index in [4.69, 9.17) is 21.3 Å². The normalized spacial score (nSPS) is 17.3. The van der Waals surface area contributed by atoms with Crippen LogP contribution in [0.4, 0.5) is 16.6 Å². The molecule has 0 spiro atoms. The van der Waals surface area contributed by atoms with Crippen LogP contribution in [0.15, 0.2) is 78.6 Å². The number of methoxy groups -OCH3 is 1. The summed E-state index contributed by atoms with van der Waals surface area (Å²) in [5.41, 5.74) is 5.36. The number of hydrogen-bond donors (Lipinski definition) is 0. The molecule has 1 aliphatic rings. The molecule has 0 aliphatic carbocycles. The van der Waals surface area contributed by atoms with Crippen LogP contribution in [-0.2, 0) is 0 Å². The fourth-order valence-electron chi connectivity index (χ4n) is 5.54. The van der Waals surface area contributed by atoms with Gasteiger partial charge in [0.2, 0.25) is 0 Å². The summed E-state index contributed by atoms with van der Waals surface area (Å²) in [6.07, 6.45) is 5.65. The van der Waals surface area contributed by atoms with E-state index in [1.54, 1.807) is 18.4 Å². The molecule has 1 aliphatic heterocycles. The first-order chi connectivity index (χ1) is 19.1. The highest BCUT2D eigenvalue weighted by Gasteiger charge is 2.31. The Morgan fingerprint density at radius 1 is 0.897 bits per heavy atom. The van der Waals surface area contributed by atoms with Crippen LogP contribution in [0, 0.1) is 6.57 Å². The van der Waals surface area contributed by atoms with Gasteiger partial charge in [-0.05, 0) is 37.6 Å². The van der Waals surface area contributed by atoms with E-state index in [-0.39, 0.29) is 0 Å². The predicted molar refractivity (Wildman–Crippen MR) is 159 cm³/mol. The number of nitrogens with zero attached hydrogens (tertiary/aromatic N) is 6. The molecule has 4 heterocycles. The molecule has 194 valence electrons.